The fraction of sp³-hybridized carbons (Fsp3) is 0.152. The summed E-state index contributed by atoms with van der Waals surface area (Å²) in [5, 5.41) is 0. The second kappa shape index (κ2) is 10.1. The number of aryl methyl sites for hydroxylation is 4. The van der Waals surface area contributed by atoms with Crippen molar-refractivity contribution in [1.29, 1.82) is 0 Å². The van der Waals surface area contributed by atoms with E-state index in [2.05, 4.69) is 37.8 Å². The van der Waals surface area contributed by atoms with Crippen LogP contribution in [0.25, 0.3) is 11.6 Å². The van der Waals surface area contributed by atoms with E-state index in [4.69, 9.17) is 0 Å². The van der Waals surface area contributed by atoms with Gasteiger partial charge in [0.05, 0.1) is 22.0 Å². The molecule has 1 heterocycles. The molecule has 0 saturated carbocycles. The van der Waals surface area contributed by atoms with E-state index in [1.165, 1.54) is 12.1 Å². The van der Waals surface area contributed by atoms with Crippen molar-refractivity contribution in [1.82, 2.24) is 0 Å². The number of allylic oxidation sites excluding steroid dienone is 2. The molecule has 0 unspecified atom stereocenters. The molecule has 5 rings (SSSR count). The third-order valence-corrected chi connectivity index (χ3v) is 8.52. The fourth-order valence-corrected chi connectivity index (χ4v) is 6.47. The zero-order chi connectivity index (χ0) is 27.0. The summed E-state index contributed by atoms with van der Waals surface area (Å²) < 4.78 is 41.3. The Labute approximate surface area is 224 Å². The molecule has 0 atom stereocenters. The van der Waals surface area contributed by atoms with Gasteiger partial charge in [0.2, 0.25) is 0 Å². The van der Waals surface area contributed by atoms with Gasteiger partial charge in [-0.3, -0.25) is 0 Å². The fourth-order valence-electron chi connectivity index (χ4n) is 5.15. The predicted molar refractivity (Wildman–Crippen MR) is 155 cm³/mol. The third-order valence-electron chi connectivity index (χ3n) is 6.85. The minimum Gasteiger partial charge on any atom is -0.312 e. The Bertz CT molecular complexity index is 1660. The highest BCUT2D eigenvalue weighted by Crippen LogP contribution is 2.42. The summed E-state index contributed by atoms with van der Waals surface area (Å²) in [6.07, 6.45) is 3.97. The Morgan fingerprint density at radius 2 is 1.37 bits per heavy atom. The second-order valence-corrected chi connectivity index (χ2v) is 11.9. The van der Waals surface area contributed by atoms with Gasteiger partial charge in [-0.25, -0.2) is 12.8 Å². The zero-order valence-corrected chi connectivity index (χ0v) is 22.8. The molecule has 1 aliphatic rings. The highest BCUT2D eigenvalue weighted by atomic mass is 32.2. The molecular weight excluding hydrogens is 493 g/mol. The van der Waals surface area contributed by atoms with Crippen molar-refractivity contribution in [3.63, 3.8) is 0 Å². The predicted octanol–water partition coefficient (Wildman–Crippen LogP) is 8.11. The largest absolute Gasteiger partial charge is 0.312 e. The van der Waals surface area contributed by atoms with Gasteiger partial charge in [-0.2, -0.15) is 0 Å². The average molecular weight is 524 g/mol. The average Bonchev–Trinajstić information content (AvgIpc) is 3.01. The van der Waals surface area contributed by atoms with E-state index < -0.39 is 9.84 Å². The highest BCUT2D eigenvalue weighted by molar-refractivity contribution is 7.91. The van der Waals surface area contributed by atoms with Gasteiger partial charge in [0.1, 0.15) is 5.82 Å². The first-order valence-electron chi connectivity index (χ1n) is 12.6. The molecule has 0 aromatic heterocycles. The molecule has 0 N–H and O–H groups in total. The lowest BCUT2D eigenvalue weighted by atomic mass is 10.0. The molecule has 4 aromatic carbocycles. The molecule has 0 aliphatic carbocycles. The van der Waals surface area contributed by atoms with Crippen LogP contribution in [0.5, 0.6) is 0 Å². The normalized spacial score (nSPS) is 13.4. The lowest BCUT2D eigenvalue weighted by Crippen LogP contribution is -2.25. The quantitative estimate of drug-likeness (QED) is 0.265. The van der Waals surface area contributed by atoms with E-state index in [0.29, 0.717) is 5.70 Å². The van der Waals surface area contributed by atoms with Gasteiger partial charge in [0.25, 0.3) is 0 Å². The topological polar surface area (TPSA) is 37.4 Å². The number of fused-ring (bicyclic) bond motifs is 1. The first-order chi connectivity index (χ1) is 18.1. The molecule has 0 saturated heterocycles. The van der Waals surface area contributed by atoms with Gasteiger partial charge in [-0.1, -0.05) is 65.7 Å². The number of hydrogen-bond acceptors (Lipinski definition) is 3. The number of anilines is 2. The SMILES string of the molecule is Cc1ccc(S(=O)(=O)CC2=CC(c3ccc(F)cc3)=Cc3ccccc3N2c2c(C)cc(C)cc2C)cc1. The molecule has 0 spiro atoms. The molecule has 38 heavy (non-hydrogen) atoms. The van der Waals surface area contributed by atoms with Crippen LogP contribution in [-0.2, 0) is 9.84 Å². The number of rotatable bonds is 5. The number of nitrogens with zero attached hydrogens (tertiary/aromatic N) is 1. The summed E-state index contributed by atoms with van der Waals surface area (Å²) in [5.41, 5.74) is 9.32. The van der Waals surface area contributed by atoms with E-state index in [1.807, 2.05) is 55.5 Å². The van der Waals surface area contributed by atoms with Crippen LogP contribution >= 0.6 is 0 Å². The van der Waals surface area contributed by atoms with Crippen molar-refractivity contribution in [2.75, 3.05) is 10.7 Å². The minimum absolute atomic E-state index is 0.199. The van der Waals surface area contributed by atoms with E-state index in [-0.39, 0.29) is 16.5 Å². The Balaban J connectivity index is 1.76. The van der Waals surface area contributed by atoms with E-state index in [1.54, 1.807) is 24.3 Å². The maximum atomic E-state index is 13.8. The number of benzene rings is 4. The monoisotopic (exact) mass is 523 g/mol. The molecule has 3 nitrogen and oxygen atoms in total. The summed E-state index contributed by atoms with van der Waals surface area (Å²) in [6, 6.07) is 25.5. The number of para-hydroxylation sites is 1. The molecule has 5 heteroatoms. The Morgan fingerprint density at radius 3 is 2.03 bits per heavy atom. The van der Waals surface area contributed by atoms with Crippen LogP contribution in [0.2, 0.25) is 0 Å². The molecule has 4 aromatic rings. The van der Waals surface area contributed by atoms with E-state index in [0.717, 1.165) is 50.3 Å². The summed E-state index contributed by atoms with van der Waals surface area (Å²) in [5.74, 6) is -0.516. The zero-order valence-electron chi connectivity index (χ0n) is 22.0. The lowest BCUT2D eigenvalue weighted by Gasteiger charge is -2.31. The van der Waals surface area contributed by atoms with Gasteiger partial charge >= 0.3 is 0 Å². The van der Waals surface area contributed by atoms with Crippen LogP contribution in [0, 0.1) is 33.5 Å². The summed E-state index contributed by atoms with van der Waals surface area (Å²) in [7, 11) is -3.68. The van der Waals surface area contributed by atoms with Crippen molar-refractivity contribution in [2.45, 2.75) is 32.6 Å². The van der Waals surface area contributed by atoms with Crippen LogP contribution < -0.4 is 4.90 Å². The van der Waals surface area contributed by atoms with E-state index in [9.17, 15) is 12.8 Å². The molecule has 192 valence electrons. The smallest absolute Gasteiger partial charge is 0.183 e. The number of halogens is 1. The maximum absolute atomic E-state index is 13.8. The first kappa shape index (κ1) is 25.7. The van der Waals surface area contributed by atoms with Crippen LogP contribution in [0.1, 0.15) is 33.4 Å². The lowest BCUT2D eigenvalue weighted by molar-refractivity contribution is 0.598. The van der Waals surface area contributed by atoms with Crippen molar-refractivity contribution in [2.24, 2.45) is 0 Å². The molecular formula is C33H30FNO2S. The molecule has 0 bridgehead atoms. The van der Waals surface area contributed by atoms with Gasteiger partial charge in [-0.15, -0.1) is 0 Å². The summed E-state index contributed by atoms with van der Waals surface area (Å²) >= 11 is 0. The van der Waals surface area contributed by atoms with Gasteiger partial charge in [-0.05, 0) is 98.0 Å². The third kappa shape index (κ3) is 5.07. The molecule has 0 fully saturated rings. The molecule has 1 aliphatic heterocycles. The van der Waals surface area contributed by atoms with Crippen molar-refractivity contribution in [3.05, 3.63) is 136 Å². The van der Waals surface area contributed by atoms with Crippen LogP contribution in [0.15, 0.2) is 102 Å². The van der Waals surface area contributed by atoms with Crippen LogP contribution in [-0.4, -0.2) is 14.2 Å². The standard InChI is InChI=1S/C33H30FNO2S/c1-22-9-15-31(16-10-22)38(36,37)21-30-20-28(26-11-13-29(34)14-12-26)19-27-7-5-6-8-32(27)35(30)33-24(3)17-23(2)18-25(33)4/h5-20H,21H2,1-4H3. The number of hydrogen-bond donors (Lipinski definition) is 0. The van der Waals surface area contributed by atoms with Crippen molar-refractivity contribution < 1.29 is 12.8 Å². The van der Waals surface area contributed by atoms with E-state index >= 15 is 0 Å². The van der Waals surface area contributed by atoms with Crippen LogP contribution in [0.3, 0.4) is 0 Å². The van der Waals surface area contributed by atoms with Crippen LogP contribution in [0.4, 0.5) is 15.8 Å². The molecule has 0 radical (unpaired) electrons. The second-order valence-electron chi connectivity index (χ2n) is 9.96. The summed E-state index contributed by atoms with van der Waals surface area (Å²) in [6.45, 7) is 8.12. The Hall–Kier alpha value is -3.96. The Kier molecular flexibility index (Phi) is 6.80. The summed E-state index contributed by atoms with van der Waals surface area (Å²) in [4.78, 5) is 2.37. The number of sulfone groups is 1. The first-order valence-corrected chi connectivity index (χ1v) is 14.2. The minimum atomic E-state index is -3.68. The molecule has 0 amide bonds. The van der Waals surface area contributed by atoms with Crippen molar-refractivity contribution >= 4 is 32.9 Å². The maximum Gasteiger partial charge on any atom is 0.183 e. The highest BCUT2D eigenvalue weighted by Gasteiger charge is 2.28. The van der Waals surface area contributed by atoms with Gasteiger partial charge in [0, 0.05) is 5.70 Å². The van der Waals surface area contributed by atoms with Gasteiger partial charge < -0.3 is 4.90 Å². The van der Waals surface area contributed by atoms with Gasteiger partial charge in [0.15, 0.2) is 9.84 Å². The van der Waals surface area contributed by atoms with Crippen molar-refractivity contribution in [3.8, 4) is 0 Å². The Morgan fingerprint density at radius 1 is 0.737 bits per heavy atom.